The highest BCUT2D eigenvalue weighted by molar-refractivity contribution is 7.99. The molecule has 0 saturated carbocycles. The lowest BCUT2D eigenvalue weighted by Crippen LogP contribution is -2.30. The first-order chi connectivity index (χ1) is 10.6. The van der Waals surface area contributed by atoms with Crippen LogP contribution in [0.2, 0.25) is 0 Å². The molecule has 0 bridgehead atoms. The van der Waals surface area contributed by atoms with Crippen LogP contribution in [0.5, 0.6) is 0 Å². The van der Waals surface area contributed by atoms with E-state index in [0.29, 0.717) is 24.0 Å². The van der Waals surface area contributed by atoms with Gasteiger partial charge in [-0.3, -0.25) is 4.79 Å². The van der Waals surface area contributed by atoms with Crippen molar-refractivity contribution in [2.75, 3.05) is 6.54 Å². The molecule has 22 heavy (non-hydrogen) atoms. The summed E-state index contributed by atoms with van der Waals surface area (Å²) in [6.07, 6.45) is 1.65. The van der Waals surface area contributed by atoms with E-state index in [0.717, 1.165) is 5.56 Å². The number of nitrogens with one attached hydrogen (secondary N) is 1. The van der Waals surface area contributed by atoms with E-state index in [1.165, 1.54) is 17.3 Å². The number of benzene rings is 1. The number of nitrogens with zero attached hydrogens (tertiary/aromatic N) is 2. The highest BCUT2D eigenvalue weighted by Gasteiger charge is 2.15. The van der Waals surface area contributed by atoms with Crippen molar-refractivity contribution in [1.82, 2.24) is 15.5 Å². The molecule has 116 valence electrons. The van der Waals surface area contributed by atoms with Gasteiger partial charge in [0.2, 0.25) is 17.6 Å². The summed E-state index contributed by atoms with van der Waals surface area (Å²) in [5.41, 5.74) is 2.10. The van der Waals surface area contributed by atoms with Crippen molar-refractivity contribution in [3.05, 3.63) is 48.4 Å². The topological polar surface area (TPSA) is 68.0 Å². The Balaban J connectivity index is 1.91. The summed E-state index contributed by atoms with van der Waals surface area (Å²) in [4.78, 5) is 16.1. The second-order valence-corrected chi connectivity index (χ2v) is 6.19. The molecule has 0 radical (unpaired) electrons. The summed E-state index contributed by atoms with van der Waals surface area (Å²) in [6.45, 7) is 7.92. The molecular formula is C16H19N3O2S. The minimum atomic E-state index is -0.185. The third-order valence-electron chi connectivity index (χ3n) is 3.02. The van der Waals surface area contributed by atoms with Crippen LogP contribution >= 0.6 is 11.8 Å². The molecule has 1 unspecified atom stereocenters. The second-order valence-electron chi connectivity index (χ2n) is 4.86. The summed E-state index contributed by atoms with van der Waals surface area (Å²) in [5.74, 6) is 1.56. The second kappa shape index (κ2) is 7.79. The van der Waals surface area contributed by atoms with Gasteiger partial charge in [0.25, 0.3) is 0 Å². The van der Waals surface area contributed by atoms with E-state index in [-0.39, 0.29) is 11.2 Å². The predicted molar refractivity (Wildman–Crippen MR) is 88.4 cm³/mol. The van der Waals surface area contributed by atoms with Gasteiger partial charge in [-0.2, -0.15) is 4.98 Å². The smallest absolute Gasteiger partial charge is 0.236 e. The lowest BCUT2D eigenvalue weighted by molar-refractivity contribution is -0.120. The van der Waals surface area contributed by atoms with Crippen molar-refractivity contribution in [3.63, 3.8) is 0 Å². The van der Waals surface area contributed by atoms with Crippen LogP contribution in [0.3, 0.4) is 0 Å². The zero-order valence-corrected chi connectivity index (χ0v) is 13.5. The van der Waals surface area contributed by atoms with Crippen LogP contribution in [0.15, 0.2) is 41.4 Å². The number of aryl methyl sites for hydroxylation is 1. The molecule has 1 N–H and O–H groups in total. The van der Waals surface area contributed by atoms with Crippen LogP contribution in [0.4, 0.5) is 0 Å². The van der Waals surface area contributed by atoms with Gasteiger partial charge >= 0.3 is 0 Å². The highest BCUT2D eigenvalue weighted by atomic mass is 32.2. The molecule has 6 heteroatoms. The Labute approximate surface area is 134 Å². The number of hydrogen-bond acceptors (Lipinski definition) is 5. The summed E-state index contributed by atoms with van der Waals surface area (Å²) in [5, 5.41) is 6.55. The van der Waals surface area contributed by atoms with E-state index in [4.69, 9.17) is 4.52 Å². The quantitative estimate of drug-likeness (QED) is 0.795. The predicted octanol–water partition coefficient (Wildman–Crippen LogP) is 2.97. The van der Waals surface area contributed by atoms with Crippen molar-refractivity contribution < 1.29 is 9.32 Å². The zero-order valence-electron chi connectivity index (χ0n) is 12.7. The summed E-state index contributed by atoms with van der Waals surface area (Å²) >= 11 is 1.46. The van der Waals surface area contributed by atoms with E-state index < -0.39 is 0 Å². The summed E-state index contributed by atoms with van der Waals surface area (Å²) in [7, 11) is 0. The number of hydrogen-bond donors (Lipinski definition) is 1. The van der Waals surface area contributed by atoms with E-state index >= 15 is 0 Å². The van der Waals surface area contributed by atoms with Gasteiger partial charge in [0.05, 0.1) is 11.0 Å². The Morgan fingerprint density at radius 1 is 1.45 bits per heavy atom. The lowest BCUT2D eigenvalue weighted by atomic mass is 10.1. The molecule has 2 aromatic rings. The molecule has 5 nitrogen and oxygen atoms in total. The molecule has 2 rings (SSSR count). The van der Waals surface area contributed by atoms with Gasteiger partial charge in [0.1, 0.15) is 0 Å². The normalized spacial score (nSPS) is 11.9. The Morgan fingerprint density at radius 2 is 2.18 bits per heavy atom. The highest BCUT2D eigenvalue weighted by Crippen LogP contribution is 2.20. The first-order valence-corrected chi connectivity index (χ1v) is 8.05. The number of aromatic nitrogens is 2. The molecule has 0 aliphatic carbocycles. The van der Waals surface area contributed by atoms with Gasteiger partial charge in [-0.1, -0.05) is 41.1 Å². The minimum absolute atomic E-state index is 0.0248. The Bertz CT molecular complexity index is 637. The number of thioether (sulfide) groups is 1. The van der Waals surface area contributed by atoms with Gasteiger partial charge in [-0.25, -0.2) is 0 Å². The maximum absolute atomic E-state index is 11.7. The first-order valence-electron chi connectivity index (χ1n) is 7.00. The Hall–Kier alpha value is -2.08. The molecule has 1 heterocycles. The Morgan fingerprint density at radius 3 is 2.86 bits per heavy atom. The van der Waals surface area contributed by atoms with Crippen LogP contribution in [0.1, 0.15) is 18.4 Å². The molecule has 0 saturated heterocycles. The fourth-order valence-electron chi connectivity index (χ4n) is 1.72. The van der Waals surface area contributed by atoms with Crippen molar-refractivity contribution in [1.29, 1.82) is 0 Å². The molecule has 1 atom stereocenters. The van der Waals surface area contributed by atoms with Gasteiger partial charge in [-0.15, -0.1) is 18.3 Å². The van der Waals surface area contributed by atoms with Crippen LogP contribution in [-0.2, 0) is 10.5 Å². The molecule has 1 aromatic heterocycles. The van der Waals surface area contributed by atoms with Crippen molar-refractivity contribution in [2.45, 2.75) is 24.9 Å². The molecule has 0 aliphatic heterocycles. The zero-order chi connectivity index (χ0) is 15.9. The lowest BCUT2D eigenvalue weighted by Gasteiger charge is -2.08. The van der Waals surface area contributed by atoms with E-state index in [1.807, 2.05) is 38.1 Å². The maximum atomic E-state index is 11.7. The van der Waals surface area contributed by atoms with Crippen molar-refractivity contribution >= 4 is 17.7 Å². The molecule has 0 spiro atoms. The summed E-state index contributed by atoms with van der Waals surface area (Å²) in [6, 6.07) is 7.93. The minimum Gasteiger partial charge on any atom is -0.352 e. The molecule has 0 aliphatic rings. The van der Waals surface area contributed by atoms with Crippen molar-refractivity contribution in [3.8, 4) is 11.4 Å². The van der Waals surface area contributed by atoms with Crippen LogP contribution in [0.25, 0.3) is 11.4 Å². The molecular weight excluding hydrogens is 298 g/mol. The number of carbonyl (C=O) groups excluding carboxylic acids is 1. The largest absolute Gasteiger partial charge is 0.352 e. The third kappa shape index (κ3) is 4.46. The van der Waals surface area contributed by atoms with Gasteiger partial charge < -0.3 is 9.84 Å². The fraction of sp³-hybridized carbons (Fsp3) is 0.312. The molecule has 1 aromatic carbocycles. The van der Waals surface area contributed by atoms with Crippen LogP contribution < -0.4 is 5.32 Å². The van der Waals surface area contributed by atoms with E-state index in [2.05, 4.69) is 22.0 Å². The fourth-order valence-corrected chi connectivity index (χ4v) is 2.47. The SMILES string of the molecule is C=CCNC(=O)C(C)SCc1nc(-c2ccc(C)cc2)no1. The van der Waals surface area contributed by atoms with Gasteiger partial charge in [0.15, 0.2) is 0 Å². The average Bonchev–Trinajstić information content (AvgIpc) is 2.99. The first kappa shape index (κ1) is 16.3. The molecule has 1 amide bonds. The maximum Gasteiger partial charge on any atom is 0.236 e. The number of rotatable bonds is 7. The van der Waals surface area contributed by atoms with Gasteiger partial charge in [-0.05, 0) is 13.8 Å². The van der Waals surface area contributed by atoms with E-state index in [9.17, 15) is 4.79 Å². The summed E-state index contributed by atoms with van der Waals surface area (Å²) < 4.78 is 5.23. The van der Waals surface area contributed by atoms with Crippen LogP contribution in [-0.4, -0.2) is 27.8 Å². The standard InChI is InChI=1S/C16H19N3O2S/c1-4-9-17-16(20)12(3)22-10-14-18-15(19-21-14)13-7-5-11(2)6-8-13/h4-8,12H,1,9-10H2,2-3H3,(H,17,20). The third-order valence-corrected chi connectivity index (χ3v) is 4.15. The molecule has 0 fully saturated rings. The number of carbonyl (C=O) groups is 1. The number of amides is 1. The van der Waals surface area contributed by atoms with E-state index in [1.54, 1.807) is 6.08 Å². The van der Waals surface area contributed by atoms with Crippen LogP contribution in [0, 0.1) is 6.92 Å². The van der Waals surface area contributed by atoms with Crippen molar-refractivity contribution in [2.24, 2.45) is 0 Å². The van der Waals surface area contributed by atoms with Gasteiger partial charge in [0, 0.05) is 12.1 Å². The monoisotopic (exact) mass is 317 g/mol. The Kier molecular flexibility index (Phi) is 5.77. The average molecular weight is 317 g/mol.